The van der Waals surface area contributed by atoms with Crippen molar-refractivity contribution in [2.24, 2.45) is 5.41 Å². The van der Waals surface area contributed by atoms with Crippen LogP contribution < -0.4 is 5.32 Å². The number of carbonyl (C=O) groups excluding carboxylic acids is 1. The van der Waals surface area contributed by atoms with Gasteiger partial charge in [0.25, 0.3) is 0 Å². The van der Waals surface area contributed by atoms with E-state index >= 15 is 0 Å². The Labute approximate surface area is 108 Å². The van der Waals surface area contributed by atoms with Crippen LogP contribution in [0.2, 0.25) is 0 Å². The maximum atomic E-state index is 11.6. The number of thioether (sulfide) groups is 1. The zero-order valence-corrected chi connectivity index (χ0v) is 11.6. The largest absolute Gasteiger partial charge is 0.356 e. The van der Waals surface area contributed by atoms with Gasteiger partial charge in [0.15, 0.2) is 0 Å². The van der Waals surface area contributed by atoms with E-state index in [1.165, 1.54) is 4.90 Å². The maximum Gasteiger partial charge on any atom is 0.225 e. The normalized spacial score (nSPS) is 11.2. The van der Waals surface area contributed by atoms with Gasteiger partial charge in [-0.15, -0.1) is 11.8 Å². The van der Waals surface area contributed by atoms with E-state index in [-0.39, 0.29) is 11.3 Å². The predicted molar refractivity (Wildman–Crippen MR) is 74.2 cm³/mol. The summed E-state index contributed by atoms with van der Waals surface area (Å²) in [6.07, 6.45) is 1.00. The van der Waals surface area contributed by atoms with Gasteiger partial charge in [-0.25, -0.2) is 0 Å². The van der Waals surface area contributed by atoms with E-state index < -0.39 is 0 Å². The Bertz CT molecular complexity index is 343. The molecule has 1 amide bonds. The molecule has 1 aromatic rings. The summed E-state index contributed by atoms with van der Waals surface area (Å²) < 4.78 is 0. The second-order valence-electron chi connectivity index (χ2n) is 5.02. The zero-order chi connectivity index (χ0) is 12.7. The van der Waals surface area contributed by atoms with Crippen LogP contribution in [0.25, 0.3) is 0 Å². The summed E-state index contributed by atoms with van der Waals surface area (Å²) >= 11 is 1.83. The first-order chi connectivity index (χ1) is 8.00. The summed E-state index contributed by atoms with van der Waals surface area (Å²) in [4.78, 5) is 12.9. The maximum absolute atomic E-state index is 11.6. The summed E-state index contributed by atoms with van der Waals surface area (Å²) in [7, 11) is 0. The lowest BCUT2D eigenvalue weighted by atomic mass is 9.96. The van der Waals surface area contributed by atoms with E-state index in [1.54, 1.807) is 0 Å². The van der Waals surface area contributed by atoms with Gasteiger partial charge in [-0.05, 0) is 24.3 Å². The van der Waals surface area contributed by atoms with Crippen molar-refractivity contribution >= 4 is 17.7 Å². The fraction of sp³-hybridized carbons (Fsp3) is 0.500. The van der Waals surface area contributed by atoms with Crippen LogP contribution in [-0.4, -0.2) is 18.2 Å². The third-order valence-electron chi connectivity index (χ3n) is 2.30. The predicted octanol–water partition coefficient (Wildman–Crippen LogP) is 3.33. The lowest BCUT2D eigenvalue weighted by Crippen LogP contribution is -2.35. The van der Waals surface area contributed by atoms with Crippen LogP contribution in [0.1, 0.15) is 27.2 Å². The highest BCUT2D eigenvalue weighted by atomic mass is 32.2. The van der Waals surface area contributed by atoms with Gasteiger partial charge in [0, 0.05) is 16.9 Å². The van der Waals surface area contributed by atoms with Crippen molar-refractivity contribution in [3.8, 4) is 0 Å². The number of hydrogen-bond acceptors (Lipinski definition) is 2. The number of carbonyl (C=O) groups is 1. The molecule has 0 saturated heterocycles. The van der Waals surface area contributed by atoms with Crippen molar-refractivity contribution in [3.63, 3.8) is 0 Å². The molecule has 0 radical (unpaired) electrons. The van der Waals surface area contributed by atoms with Gasteiger partial charge in [-0.3, -0.25) is 4.79 Å². The lowest BCUT2D eigenvalue weighted by Gasteiger charge is -2.17. The Kier molecular flexibility index (Phi) is 5.56. The summed E-state index contributed by atoms with van der Waals surface area (Å²) in [6, 6.07) is 10.3. The number of benzene rings is 1. The van der Waals surface area contributed by atoms with E-state index in [0.29, 0.717) is 0 Å². The number of nitrogens with one attached hydrogen (secondary N) is 1. The topological polar surface area (TPSA) is 29.1 Å². The van der Waals surface area contributed by atoms with Crippen molar-refractivity contribution in [1.82, 2.24) is 5.32 Å². The highest BCUT2D eigenvalue weighted by Gasteiger charge is 2.19. The molecule has 0 fully saturated rings. The third-order valence-corrected chi connectivity index (χ3v) is 3.40. The minimum Gasteiger partial charge on any atom is -0.356 e. The van der Waals surface area contributed by atoms with Gasteiger partial charge < -0.3 is 5.32 Å². The van der Waals surface area contributed by atoms with Crippen LogP contribution in [0, 0.1) is 5.41 Å². The average molecular weight is 251 g/mol. The molecule has 0 unspecified atom stereocenters. The van der Waals surface area contributed by atoms with Crippen molar-refractivity contribution in [1.29, 1.82) is 0 Å². The Balaban J connectivity index is 2.12. The molecule has 17 heavy (non-hydrogen) atoms. The second kappa shape index (κ2) is 6.70. The molecule has 94 valence electrons. The van der Waals surface area contributed by atoms with Gasteiger partial charge in [-0.2, -0.15) is 0 Å². The molecule has 3 heteroatoms. The number of hydrogen-bond donors (Lipinski definition) is 1. The molecule has 0 saturated carbocycles. The van der Waals surface area contributed by atoms with Crippen LogP contribution >= 0.6 is 11.8 Å². The Hall–Kier alpha value is -0.960. The van der Waals surface area contributed by atoms with Gasteiger partial charge >= 0.3 is 0 Å². The third kappa shape index (κ3) is 5.78. The fourth-order valence-corrected chi connectivity index (χ4v) is 2.12. The van der Waals surface area contributed by atoms with Crippen molar-refractivity contribution < 1.29 is 4.79 Å². The molecule has 0 heterocycles. The van der Waals surface area contributed by atoms with Gasteiger partial charge in [0.1, 0.15) is 0 Å². The first kappa shape index (κ1) is 14.1. The molecule has 0 aliphatic rings. The van der Waals surface area contributed by atoms with Crippen LogP contribution in [0.15, 0.2) is 35.2 Å². The number of rotatable bonds is 5. The molecule has 0 atom stereocenters. The smallest absolute Gasteiger partial charge is 0.225 e. The monoisotopic (exact) mass is 251 g/mol. The lowest BCUT2D eigenvalue weighted by molar-refractivity contribution is -0.128. The van der Waals surface area contributed by atoms with Gasteiger partial charge in [0.05, 0.1) is 0 Å². The molecular formula is C14H21NOS. The molecular weight excluding hydrogens is 230 g/mol. The minimum absolute atomic E-state index is 0.127. The van der Waals surface area contributed by atoms with E-state index in [4.69, 9.17) is 0 Å². The van der Waals surface area contributed by atoms with Crippen LogP contribution in [0.5, 0.6) is 0 Å². The Morgan fingerprint density at radius 1 is 1.24 bits per heavy atom. The van der Waals surface area contributed by atoms with E-state index in [1.807, 2.05) is 50.7 Å². The fourth-order valence-electron chi connectivity index (χ4n) is 1.25. The highest BCUT2D eigenvalue weighted by Crippen LogP contribution is 2.17. The van der Waals surface area contributed by atoms with Crippen LogP contribution in [0.4, 0.5) is 0 Å². The molecule has 0 spiro atoms. The second-order valence-corrected chi connectivity index (χ2v) is 6.19. The first-order valence-corrected chi connectivity index (χ1v) is 6.95. The van der Waals surface area contributed by atoms with Crippen molar-refractivity contribution in [2.75, 3.05) is 12.3 Å². The molecule has 0 aliphatic heterocycles. The van der Waals surface area contributed by atoms with E-state index in [0.717, 1.165) is 18.7 Å². The standard InChI is InChI=1S/C14H21NOS/c1-14(2,3)13(16)15-10-7-11-17-12-8-5-4-6-9-12/h4-6,8-9H,7,10-11H2,1-3H3,(H,15,16). The van der Waals surface area contributed by atoms with Gasteiger partial charge in [0.2, 0.25) is 5.91 Å². The van der Waals surface area contributed by atoms with Crippen LogP contribution in [0.3, 0.4) is 0 Å². The minimum atomic E-state index is -0.285. The average Bonchev–Trinajstić information content (AvgIpc) is 2.28. The summed E-state index contributed by atoms with van der Waals surface area (Å²) in [6.45, 7) is 6.55. The van der Waals surface area contributed by atoms with E-state index in [2.05, 4.69) is 17.4 Å². The molecule has 1 rings (SSSR count). The highest BCUT2D eigenvalue weighted by molar-refractivity contribution is 7.99. The van der Waals surface area contributed by atoms with E-state index in [9.17, 15) is 4.79 Å². The van der Waals surface area contributed by atoms with Crippen molar-refractivity contribution in [2.45, 2.75) is 32.1 Å². The van der Waals surface area contributed by atoms with Crippen molar-refractivity contribution in [3.05, 3.63) is 30.3 Å². The molecule has 2 nitrogen and oxygen atoms in total. The Morgan fingerprint density at radius 2 is 1.88 bits per heavy atom. The molecule has 1 N–H and O–H groups in total. The summed E-state index contributed by atoms with van der Waals surface area (Å²) in [5.41, 5.74) is -0.285. The molecule has 0 aliphatic carbocycles. The van der Waals surface area contributed by atoms with Crippen LogP contribution in [-0.2, 0) is 4.79 Å². The quantitative estimate of drug-likeness (QED) is 0.642. The molecule has 1 aromatic carbocycles. The Morgan fingerprint density at radius 3 is 2.47 bits per heavy atom. The molecule has 0 aromatic heterocycles. The summed E-state index contributed by atoms with van der Waals surface area (Å²) in [5, 5.41) is 2.96. The first-order valence-electron chi connectivity index (χ1n) is 5.96. The summed E-state index contributed by atoms with van der Waals surface area (Å²) in [5.74, 6) is 1.16. The zero-order valence-electron chi connectivity index (χ0n) is 10.8. The number of amides is 1. The molecule has 0 bridgehead atoms. The van der Waals surface area contributed by atoms with Gasteiger partial charge in [-0.1, -0.05) is 39.0 Å². The SMILES string of the molecule is CC(C)(C)C(=O)NCCCSc1ccccc1.